The maximum absolute atomic E-state index is 13.0. The Hall–Kier alpha value is -3.40. The Morgan fingerprint density at radius 3 is 2.50 bits per heavy atom. The zero-order valence-electron chi connectivity index (χ0n) is 12.6. The van der Waals surface area contributed by atoms with Gasteiger partial charge in [0.2, 0.25) is 11.1 Å². The van der Waals surface area contributed by atoms with Gasteiger partial charge < -0.3 is 4.42 Å². The SMILES string of the molecule is O=c1c2cnn(-c3ccccc3)c2oc2ccc3ccccc3c12. The van der Waals surface area contributed by atoms with Crippen molar-refractivity contribution in [2.75, 3.05) is 0 Å². The van der Waals surface area contributed by atoms with Crippen LogP contribution in [0.5, 0.6) is 0 Å². The van der Waals surface area contributed by atoms with Crippen molar-refractivity contribution >= 4 is 32.8 Å². The van der Waals surface area contributed by atoms with Crippen molar-refractivity contribution in [1.29, 1.82) is 0 Å². The molecule has 0 atom stereocenters. The molecule has 0 aliphatic rings. The second-order valence-electron chi connectivity index (χ2n) is 5.70. The minimum atomic E-state index is -0.0507. The molecule has 0 bridgehead atoms. The maximum Gasteiger partial charge on any atom is 0.233 e. The van der Waals surface area contributed by atoms with Gasteiger partial charge in [-0.05, 0) is 29.0 Å². The fourth-order valence-electron chi connectivity index (χ4n) is 3.15. The molecular weight excluding hydrogens is 300 g/mol. The first-order valence-electron chi connectivity index (χ1n) is 7.71. The van der Waals surface area contributed by atoms with E-state index in [2.05, 4.69) is 5.10 Å². The number of benzene rings is 3. The lowest BCUT2D eigenvalue weighted by molar-refractivity contribution is 0.622. The van der Waals surface area contributed by atoms with Gasteiger partial charge in [-0.25, -0.2) is 4.68 Å². The standard InChI is InChI=1S/C20H12N2O2/c23-19-16-12-21-22(14-7-2-1-3-8-14)20(16)24-17-11-10-13-6-4-5-9-15(13)18(17)19/h1-12H. The highest BCUT2D eigenvalue weighted by Gasteiger charge is 2.15. The zero-order chi connectivity index (χ0) is 16.1. The van der Waals surface area contributed by atoms with E-state index in [0.29, 0.717) is 22.1 Å². The number of hydrogen-bond acceptors (Lipinski definition) is 3. The zero-order valence-corrected chi connectivity index (χ0v) is 12.6. The molecule has 0 radical (unpaired) electrons. The van der Waals surface area contributed by atoms with Crippen LogP contribution in [0, 0.1) is 0 Å². The molecule has 0 saturated heterocycles. The predicted octanol–water partition coefficient (Wildman–Crippen LogP) is 4.29. The third-order valence-corrected chi connectivity index (χ3v) is 4.29. The number of para-hydroxylation sites is 1. The van der Waals surface area contributed by atoms with Gasteiger partial charge in [-0.3, -0.25) is 4.79 Å². The molecule has 4 heteroatoms. The predicted molar refractivity (Wildman–Crippen MR) is 94.6 cm³/mol. The van der Waals surface area contributed by atoms with Gasteiger partial charge in [-0.15, -0.1) is 0 Å². The minimum absolute atomic E-state index is 0.0507. The van der Waals surface area contributed by atoms with E-state index < -0.39 is 0 Å². The number of fused-ring (bicyclic) bond motifs is 4. The van der Waals surface area contributed by atoms with Crippen LogP contribution >= 0.6 is 0 Å². The molecule has 0 saturated carbocycles. The van der Waals surface area contributed by atoms with Crippen LogP contribution in [0.3, 0.4) is 0 Å². The second-order valence-corrected chi connectivity index (χ2v) is 5.70. The topological polar surface area (TPSA) is 48.0 Å². The summed E-state index contributed by atoms with van der Waals surface area (Å²) in [4.78, 5) is 13.0. The molecular formula is C20H12N2O2. The molecule has 0 spiro atoms. The second kappa shape index (κ2) is 4.80. The Balaban J connectivity index is 1.94. The first-order valence-corrected chi connectivity index (χ1v) is 7.71. The van der Waals surface area contributed by atoms with Gasteiger partial charge in [-0.1, -0.05) is 48.5 Å². The van der Waals surface area contributed by atoms with Crippen LogP contribution in [-0.4, -0.2) is 9.78 Å². The summed E-state index contributed by atoms with van der Waals surface area (Å²) in [5.74, 6) is 0. The summed E-state index contributed by atoms with van der Waals surface area (Å²) in [6, 6.07) is 21.3. The summed E-state index contributed by atoms with van der Waals surface area (Å²) in [5.41, 5.74) is 1.85. The molecule has 114 valence electrons. The number of hydrogen-bond donors (Lipinski definition) is 0. The highest BCUT2D eigenvalue weighted by molar-refractivity contribution is 6.07. The molecule has 0 N–H and O–H groups in total. The van der Waals surface area contributed by atoms with Gasteiger partial charge in [0.15, 0.2) is 0 Å². The van der Waals surface area contributed by atoms with Crippen LogP contribution in [0.4, 0.5) is 0 Å². The molecule has 2 aromatic heterocycles. The van der Waals surface area contributed by atoms with Crippen LogP contribution < -0.4 is 5.43 Å². The molecule has 0 fully saturated rings. The van der Waals surface area contributed by atoms with Crippen LogP contribution in [0.1, 0.15) is 0 Å². The summed E-state index contributed by atoms with van der Waals surface area (Å²) >= 11 is 0. The average molecular weight is 312 g/mol. The van der Waals surface area contributed by atoms with Gasteiger partial charge in [0, 0.05) is 0 Å². The molecule has 0 unspecified atom stereocenters. The number of rotatable bonds is 1. The first kappa shape index (κ1) is 13.1. The van der Waals surface area contributed by atoms with Gasteiger partial charge in [0.05, 0.1) is 17.3 Å². The smallest absolute Gasteiger partial charge is 0.233 e. The van der Waals surface area contributed by atoms with E-state index in [-0.39, 0.29) is 5.43 Å². The molecule has 5 aromatic rings. The quantitative estimate of drug-likeness (QED) is 0.434. The molecule has 24 heavy (non-hydrogen) atoms. The Bertz CT molecular complexity index is 1270. The fraction of sp³-hybridized carbons (Fsp3) is 0. The van der Waals surface area contributed by atoms with Crippen molar-refractivity contribution in [1.82, 2.24) is 9.78 Å². The van der Waals surface area contributed by atoms with Crippen molar-refractivity contribution in [2.24, 2.45) is 0 Å². The lowest BCUT2D eigenvalue weighted by atomic mass is 10.1. The van der Waals surface area contributed by atoms with Crippen LogP contribution in [0.15, 0.2) is 82.1 Å². The normalized spacial score (nSPS) is 11.5. The maximum atomic E-state index is 13.0. The molecule has 3 aromatic carbocycles. The third-order valence-electron chi connectivity index (χ3n) is 4.29. The Morgan fingerprint density at radius 1 is 0.833 bits per heavy atom. The Kier molecular flexibility index (Phi) is 2.61. The summed E-state index contributed by atoms with van der Waals surface area (Å²) in [5, 5.41) is 7.37. The largest absolute Gasteiger partial charge is 0.437 e. The molecule has 0 amide bonds. The van der Waals surface area contributed by atoms with Gasteiger partial charge in [-0.2, -0.15) is 5.10 Å². The third kappa shape index (κ3) is 1.74. The number of nitrogens with zero attached hydrogens (tertiary/aromatic N) is 2. The van der Waals surface area contributed by atoms with Crippen molar-refractivity contribution in [3.63, 3.8) is 0 Å². The molecule has 2 heterocycles. The minimum Gasteiger partial charge on any atom is -0.437 e. The highest BCUT2D eigenvalue weighted by atomic mass is 16.3. The van der Waals surface area contributed by atoms with Crippen LogP contribution in [-0.2, 0) is 0 Å². The molecule has 0 aliphatic heterocycles. The van der Waals surface area contributed by atoms with E-state index in [1.807, 2.05) is 66.7 Å². The number of aromatic nitrogens is 2. The van der Waals surface area contributed by atoms with Crippen molar-refractivity contribution in [3.8, 4) is 5.69 Å². The average Bonchev–Trinajstić information content (AvgIpc) is 3.06. The van der Waals surface area contributed by atoms with E-state index in [0.717, 1.165) is 16.5 Å². The van der Waals surface area contributed by atoms with Gasteiger partial charge >= 0.3 is 0 Å². The first-order chi connectivity index (χ1) is 11.8. The molecule has 4 nitrogen and oxygen atoms in total. The van der Waals surface area contributed by atoms with Crippen LogP contribution in [0.2, 0.25) is 0 Å². The van der Waals surface area contributed by atoms with E-state index in [1.165, 1.54) is 0 Å². The summed E-state index contributed by atoms with van der Waals surface area (Å²) < 4.78 is 7.72. The Labute approximate surface area is 136 Å². The van der Waals surface area contributed by atoms with Gasteiger partial charge in [0.1, 0.15) is 11.0 Å². The molecule has 5 rings (SSSR count). The monoisotopic (exact) mass is 312 g/mol. The highest BCUT2D eigenvalue weighted by Crippen LogP contribution is 2.26. The fourth-order valence-corrected chi connectivity index (χ4v) is 3.15. The molecule has 0 aliphatic carbocycles. The lowest BCUT2D eigenvalue weighted by Crippen LogP contribution is -2.03. The summed E-state index contributed by atoms with van der Waals surface area (Å²) in [7, 11) is 0. The summed E-state index contributed by atoms with van der Waals surface area (Å²) in [6.45, 7) is 0. The van der Waals surface area contributed by atoms with Crippen LogP contribution in [0.25, 0.3) is 38.5 Å². The summed E-state index contributed by atoms with van der Waals surface area (Å²) in [6.07, 6.45) is 1.58. The van der Waals surface area contributed by atoms with Crippen molar-refractivity contribution in [2.45, 2.75) is 0 Å². The van der Waals surface area contributed by atoms with Gasteiger partial charge in [0.25, 0.3) is 0 Å². The van der Waals surface area contributed by atoms with E-state index in [9.17, 15) is 4.79 Å². The lowest BCUT2D eigenvalue weighted by Gasteiger charge is -2.05. The van der Waals surface area contributed by atoms with E-state index in [1.54, 1.807) is 10.9 Å². The van der Waals surface area contributed by atoms with E-state index in [4.69, 9.17) is 4.42 Å². The van der Waals surface area contributed by atoms with Crippen molar-refractivity contribution in [3.05, 3.63) is 83.2 Å². The van der Waals surface area contributed by atoms with Crippen molar-refractivity contribution < 1.29 is 4.42 Å². The Morgan fingerprint density at radius 2 is 1.62 bits per heavy atom. The van der Waals surface area contributed by atoms with E-state index >= 15 is 0 Å².